The van der Waals surface area contributed by atoms with E-state index < -0.39 is 120 Å². The summed E-state index contributed by atoms with van der Waals surface area (Å²) in [4.78, 5) is 134. The number of aliphatic hydroxyl groups is 1. The number of rotatable bonds is 27. The molecular formula is C44H67N9O13S2. The summed E-state index contributed by atoms with van der Waals surface area (Å²) in [6.07, 6.45) is 3.15. The fourth-order valence-corrected chi connectivity index (χ4v) is 8.66. The van der Waals surface area contributed by atoms with E-state index in [4.69, 9.17) is 5.73 Å². The lowest BCUT2D eigenvalue weighted by atomic mass is 10.0. The van der Waals surface area contributed by atoms with Crippen molar-refractivity contribution >= 4 is 82.7 Å². The lowest BCUT2D eigenvalue weighted by molar-refractivity contribution is -0.144. The van der Waals surface area contributed by atoms with E-state index in [1.807, 2.05) is 6.26 Å². The van der Waals surface area contributed by atoms with Crippen LogP contribution in [0, 0.1) is 0 Å². The van der Waals surface area contributed by atoms with Crippen LogP contribution in [0.25, 0.3) is 0 Å². The van der Waals surface area contributed by atoms with Gasteiger partial charge in [-0.25, -0.2) is 0 Å². The number of benzene rings is 1. The molecule has 2 saturated heterocycles. The molecule has 1 aromatic carbocycles. The van der Waals surface area contributed by atoms with Crippen LogP contribution in [0.15, 0.2) is 30.3 Å². The fourth-order valence-electron chi connectivity index (χ4n) is 7.70. The molecule has 2 fully saturated rings. The molecule has 1 aromatic rings. The third-order valence-electron chi connectivity index (χ3n) is 11.6. The van der Waals surface area contributed by atoms with Crippen molar-refractivity contribution in [2.75, 3.05) is 37.1 Å². The molecule has 8 amide bonds. The van der Waals surface area contributed by atoms with Crippen LogP contribution in [0.4, 0.5) is 0 Å². The van der Waals surface area contributed by atoms with Gasteiger partial charge in [0.2, 0.25) is 47.3 Å². The molecule has 0 aromatic heterocycles. The monoisotopic (exact) mass is 993 g/mol. The lowest BCUT2D eigenvalue weighted by Crippen LogP contribution is -2.61. The molecule has 2 heterocycles. The Hall–Kier alpha value is -5.46. The molecule has 0 spiro atoms. The minimum Gasteiger partial charge on any atom is -0.481 e. The molecule has 22 nitrogen and oxygen atoms in total. The number of carboxylic acids is 2. The second-order valence-electron chi connectivity index (χ2n) is 16.9. The van der Waals surface area contributed by atoms with Crippen LogP contribution in [-0.2, 0) is 54.4 Å². The molecule has 0 bridgehead atoms. The normalized spacial score (nSPS) is 19.2. The molecule has 0 aliphatic carbocycles. The topological polar surface area (TPSA) is 336 Å². The Balaban J connectivity index is 1.73. The Morgan fingerprint density at radius 1 is 0.647 bits per heavy atom. The van der Waals surface area contributed by atoms with Gasteiger partial charge in [0.05, 0.1) is 12.1 Å². The van der Waals surface area contributed by atoms with E-state index in [0.717, 1.165) is 4.90 Å². The lowest BCUT2D eigenvalue weighted by Gasteiger charge is -2.32. The first kappa shape index (κ1) is 56.9. The number of aliphatic hydroxyl groups excluding tert-OH is 1. The Kier molecular flexibility index (Phi) is 23.5. The van der Waals surface area contributed by atoms with E-state index in [-0.39, 0.29) is 38.1 Å². The number of hydrogen-bond donors (Lipinski definition) is 10. The maximum Gasteiger partial charge on any atom is 0.325 e. The van der Waals surface area contributed by atoms with Crippen LogP contribution < -0.4 is 37.6 Å². The number of nitrogens with one attached hydrogen (secondary N) is 6. The number of amides is 8. The maximum absolute atomic E-state index is 14.1. The third kappa shape index (κ3) is 17.3. The highest BCUT2D eigenvalue weighted by atomic mass is 32.2. The molecule has 0 unspecified atom stereocenters. The van der Waals surface area contributed by atoms with Gasteiger partial charge in [-0.1, -0.05) is 30.3 Å². The highest BCUT2D eigenvalue weighted by Crippen LogP contribution is 2.22. The zero-order valence-electron chi connectivity index (χ0n) is 39.1. The highest BCUT2D eigenvalue weighted by molar-refractivity contribution is 7.98. The average Bonchev–Trinajstić information content (AvgIpc) is 4.01. The minimum atomic E-state index is -1.60. The van der Waals surface area contributed by atoms with Crippen LogP contribution in [0.2, 0.25) is 0 Å². The fraction of sp³-hybridized carbons (Fsp3) is 0.636. The number of nitrogens with zero attached hydrogens (tertiary/aromatic N) is 2. The van der Waals surface area contributed by atoms with Gasteiger partial charge in [0.25, 0.3) is 0 Å². The van der Waals surface area contributed by atoms with Crippen molar-refractivity contribution in [2.24, 2.45) is 5.73 Å². The van der Waals surface area contributed by atoms with Gasteiger partial charge in [-0.05, 0) is 95.3 Å². The summed E-state index contributed by atoms with van der Waals surface area (Å²) < 4.78 is 0. The van der Waals surface area contributed by atoms with Crippen LogP contribution in [0.3, 0.4) is 0 Å². The van der Waals surface area contributed by atoms with Gasteiger partial charge >= 0.3 is 11.9 Å². The number of hydrogen-bond acceptors (Lipinski definition) is 14. The Bertz CT molecular complexity index is 1950. The van der Waals surface area contributed by atoms with Gasteiger partial charge in [-0.2, -0.15) is 23.5 Å². The molecule has 10 atom stereocenters. The summed E-state index contributed by atoms with van der Waals surface area (Å²) in [5, 5.41) is 44.3. The van der Waals surface area contributed by atoms with Crippen LogP contribution in [0.1, 0.15) is 77.7 Å². The molecule has 68 heavy (non-hydrogen) atoms. The molecule has 2 aliphatic rings. The average molecular weight is 994 g/mol. The number of carboxylic acid groups (broad SMARTS) is 2. The zero-order valence-corrected chi connectivity index (χ0v) is 40.7. The Labute approximate surface area is 404 Å². The van der Waals surface area contributed by atoms with Gasteiger partial charge in [-0.15, -0.1) is 0 Å². The second-order valence-corrected chi connectivity index (χ2v) is 18.9. The van der Waals surface area contributed by atoms with Crippen LogP contribution in [0.5, 0.6) is 0 Å². The van der Waals surface area contributed by atoms with E-state index >= 15 is 0 Å². The summed E-state index contributed by atoms with van der Waals surface area (Å²) in [5.74, 6) is -7.53. The van der Waals surface area contributed by atoms with Crippen molar-refractivity contribution in [1.82, 2.24) is 41.7 Å². The number of likely N-dealkylation sites (tertiary alicyclic amines) is 2. The summed E-state index contributed by atoms with van der Waals surface area (Å²) in [6, 6.07) is -2.18. The standard InChI is InChI=1S/C44H67N9O13S2/c1-24(46-39(60)31(23-27-11-7-6-8-12-27)50-41(62)32-13-9-19-52(32)42(63)28(45)17-21-67-4)36(57)51-35(26(3)54)43(64)53-20-10-14-33(53)40(61)49-30(18-22-68-5)38(59)48-29(15-16-34(55)56)37(58)47-25(2)44(65)66/h6-8,11-12,24-26,28-33,35,54H,9-10,13-23,45H2,1-5H3,(H,46,60)(H,47,58)(H,48,59)(H,49,61)(H,50,62)(H,51,57)(H,55,56)(H,65,66)/t24-,25-,26+,28-,29-,30-,31-,32-,33-,35-/m0/s1. The Morgan fingerprint density at radius 2 is 1.15 bits per heavy atom. The number of aliphatic carboxylic acids is 2. The van der Waals surface area contributed by atoms with Crippen molar-refractivity contribution < 1.29 is 63.3 Å². The van der Waals surface area contributed by atoms with Gasteiger partial charge in [0, 0.05) is 25.9 Å². The van der Waals surface area contributed by atoms with Crippen molar-refractivity contribution in [3.8, 4) is 0 Å². The van der Waals surface area contributed by atoms with E-state index in [9.17, 15) is 63.3 Å². The van der Waals surface area contributed by atoms with E-state index in [1.54, 1.807) is 48.3 Å². The van der Waals surface area contributed by atoms with Gasteiger partial charge in [-0.3, -0.25) is 47.9 Å². The first-order chi connectivity index (χ1) is 32.2. The van der Waals surface area contributed by atoms with E-state index in [0.29, 0.717) is 49.3 Å². The number of carbonyl (C=O) groups excluding carboxylic acids is 8. The summed E-state index contributed by atoms with van der Waals surface area (Å²) in [7, 11) is 0. The van der Waals surface area contributed by atoms with Crippen molar-refractivity contribution in [3.05, 3.63) is 35.9 Å². The number of carbonyl (C=O) groups is 10. The molecule has 11 N–H and O–H groups in total. The SMILES string of the molecule is CSCC[C@H](NC(=O)[C@@H]1CCCN1C(=O)[C@@H](NC(=O)[C@H](C)NC(=O)[C@H](Cc1ccccc1)NC(=O)[C@@H]1CCCN1C(=O)[C@@H](N)CCSC)[C@@H](C)O)C(=O)N[C@@H](CCC(=O)O)C(=O)N[C@@H](C)C(=O)O. The van der Waals surface area contributed by atoms with Crippen molar-refractivity contribution in [2.45, 2.75) is 139 Å². The van der Waals surface area contributed by atoms with Gasteiger partial charge in [0.15, 0.2) is 0 Å². The van der Waals surface area contributed by atoms with Crippen molar-refractivity contribution in [3.63, 3.8) is 0 Å². The zero-order chi connectivity index (χ0) is 50.7. The first-order valence-electron chi connectivity index (χ1n) is 22.5. The largest absolute Gasteiger partial charge is 0.481 e. The number of nitrogens with two attached hydrogens (primary N) is 1. The Morgan fingerprint density at radius 3 is 1.69 bits per heavy atom. The smallest absolute Gasteiger partial charge is 0.325 e. The summed E-state index contributed by atoms with van der Waals surface area (Å²) in [6.45, 7) is 4.16. The second kappa shape index (κ2) is 28.1. The molecular weight excluding hydrogens is 927 g/mol. The van der Waals surface area contributed by atoms with E-state index in [2.05, 4.69) is 31.9 Å². The van der Waals surface area contributed by atoms with Gasteiger partial charge in [0.1, 0.15) is 48.3 Å². The predicted octanol–water partition coefficient (Wildman–Crippen LogP) is -1.68. The van der Waals surface area contributed by atoms with E-state index in [1.165, 1.54) is 37.4 Å². The first-order valence-corrected chi connectivity index (χ1v) is 25.3. The molecule has 24 heteroatoms. The summed E-state index contributed by atoms with van der Waals surface area (Å²) in [5.41, 5.74) is 6.85. The van der Waals surface area contributed by atoms with Crippen LogP contribution in [-0.4, -0.2) is 182 Å². The molecule has 2 aliphatic heterocycles. The molecule has 3 rings (SSSR count). The van der Waals surface area contributed by atoms with Gasteiger partial charge < -0.3 is 62.8 Å². The summed E-state index contributed by atoms with van der Waals surface area (Å²) >= 11 is 2.89. The van der Waals surface area contributed by atoms with Crippen molar-refractivity contribution in [1.29, 1.82) is 0 Å². The van der Waals surface area contributed by atoms with Crippen LogP contribution >= 0.6 is 23.5 Å². The minimum absolute atomic E-state index is 0.0281. The molecule has 378 valence electrons. The highest BCUT2D eigenvalue weighted by Gasteiger charge is 2.42. The number of thioether (sulfide) groups is 2. The molecule has 0 saturated carbocycles. The maximum atomic E-state index is 14.1. The third-order valence-corrected chi connectivity index (χ3v) is 12.9. The quantitative estimate of drug-likeness (QED) is 0.0471. The predicted molar refractivity (Wildman–Crippen MR) is 253 cm³/mol. The molecule has 0 radical (unpaired) electrons.